The molecular weight excluding hydrogens is 340 g/mol. The first kappa shape index (κ1) is 13.8. The van der Waals surface area contributed by atoms with Gasteiger partial charge in [-0.05, 0) is 34.3 Å². The van der Waals surface area contributed by atoms with Crippen LogP contribution in [0, 0.1) is 0 Å². The average Bonchev–Trinajstić information content (AvgIpc) is 3.27. The Balaban J connectivity index is 1.74. The van der Waals surface area contributed by atoms with Gasteiger partial charge in [0.05, 0.1) is 0 Å². The number of anilines is 1. The van der Waals surface area contributed by atoms with Crippen LogP contribution in [0.4, 0.5) is 5.82 Å². The molecule has 5 heteroatoms. The van der Waals surface area contributed by atoms with E-state index in [-0.39, 0.29) is 0 Å². The topological polar surface area (TPSA) is 33.4 Å². The molecular formula is C17H17BrN4. The number of nitrogens with zero attached hydrogens (tertiary/aromatic N) is 4. The van der Waals surface area contributed by atoms with Crippen molar-refractivity contribution in [2.45, 2.75) is 25.3 Å². The summed E-state index contributed by atoms with van der Waals surface area (Å²) >= 11 is 3.54. The lowest BCUT2D eigenvalue weighted by atomic mass is 10.2. The molecule has 0 spiro atoms. The van der Waals surface area contributed by atoms with Crippen molar-refractivity contribution in [3.63, 3.8) is 0 Å². The number of aromatic nitrogens is 3. The van der Waals surface area contributed by atoms with E-state index in [0.717, 1.165) is 22.6 Å². The molecule has 0 aliphatic heterocycles. The minimum atomic E-state index is 0.663. The van der Waals surface area contributed by atoms with E-state index in [2.05, 4.69) is 66.5 Å². The zero-order valence-corrected chi connectivity index (χ0v) is 14.0. The normalized spacial score (nSPS) is 14.5. The monoisotopic (exact) mass is 356 g/mol. The van der Waals surface area contributed by atoms with E-state index in [1.807, 2.05) is 18.5 Å². The van der Waals surface area contributed by atoms with Crippen LogP contribution in [0.15, 0.2) is 47.3 Å². The molecule has 1 fully saturated rings. The number of fused-ring (bicyclic) bond motifs is 1. The molecule has 1 aromatic carbocycles. The van der Waals surface area contributed by atoms with Crippen LogP contribution in [0.3, 0.4) is 0 Å². The Bertz CT molecular complexity index is 808. The quantitative estimate of drug-likeness (QED) is 0.708. The summed E-state index contributed by atoms with van der Waals surface area (Å²) in [5.41, 5.74) is 3.50. The number of imidazole rings is 1. The summed E-state index contributed by atoms with van der Waals surface area (Å²) < 4.78 is 3.03. The Hall–Kier alpha value is -1.88. The first-order chi connectivity index (χ1) is 10.7. The van der Waals surface area contributed by atoms with Crippen molar-refractivity contribution in [2.24, 2.45) is 0 Å². The Morgan fingerprint density at radius 2 is 2.05 bits per heavy atom. The highest BCUT2D eigenvalue weighted by Gasteiger charge is 2.28. The Kier molecular flexibility index (Phi) is 3.37. The van der Waals surface area contributed by atoms with Gasteiger partial charge in [-0.25, -0.2) is 9.97 Å². The smallest absolute Gasteiger partial charge is 0.180 e. The van der Waals surface area contributed by atoms with Crippen molar-refractivity contribution in [2.75, 3.05) is 11.9 Å². The van der Waals surface area contributed by atoms with Crippen LogP contribution < -0.4 is 4.90 Å². The van der Waals surface area contributed by atoms with E-state index in [9.17, 15) is 0 Å². The highest BCUT2D eigenvalue weighted by molar-refractivity contribution is 9.10. The van der Waals surface area contributed by atoms with Gasteiger partial charge in [-0.2, -0.15) is 0 Å². The molecule has 1 aliphatic carbocycles. The van der Waals surface area contributed by atoms with E-state index in [4.69, 9.17) is 0 Å². The van der Waals surface area contributed by atoms with Gasteiger partial charge in [0, 0.05) is 37.6 Å². The maximum atomic E-state index is 4.65. The Morgan fingerprint density at radius 1 is 1.27 bits per heavy atom. The number of halogens is 1. The highest BCUT2D eigenvalue weighted by Crippen LogP contribution is 2.41. The Morgan fingerprint density at radius 3 is 2.77 bits per heavy atom. The maximum Gasteiger partial charge on any atom is 0.180 e. The van der Waals surface area contributed by atoms with E-state index in [0.29, 0.717) is 5.92 Å². The lowest BCUT2D eigenvalue weighted by Gasteiger charge is -2.19. The van der Waals surface area contributed by atoms with E-state index < -0.39 is 0 Å². The maximum absolute atomic E-state index is 4.65. The molecule has 0 atom stereocenters. The Labute approximate surface area is 137 Å². The van der Waals surface area contributed by atoms with Crippen molar-refractivity contribution in [1.29, 1.82) is 0 Å². The number of benzene rings is 1. The van der Waals surface area contributed by atoms with E-state index in [1.165, 1.54) is 24.1 Å². The van der Waals surface area contributed by atoms with Gasteiger partial charge in [-0.1, -0.05) is 30.3 Å². The van der Waals surface area contributed by atoms with Crippen LogP contribution in [-0.4, -0.2) is 21.4 Å². The zero-order valence-electron chi connectivity index (χ0n) is 12.4. The van der Waals surface area contributed by atoms with Crippen LogP contribution >= 0.6 is 15.9 Å². The molecule has 2 aromatic heterocycles. The van der Waals surface area contributed by atoms with Crippen LogP contribution in [0.5, 0.6) is 0 Å². The number of rotatable bonds is 4. The summed E-state index contributed by atoms with van der Waals surface area (Å²) in [5.74, 6) is 1.57. The lowest BCUT2D eigenvalue weighted by Crippen LogP contribution is -2.19. The standard InChI is InChI=1S/C17H17BrN4/c1-21(10-12-5-3-2-4-6-12)17-16-19-9-14(13-7-8-13)22(16)11-15(18)20-17/h2-6,9,11,13H,7-8,10H2,1H3. The van der Waals surface area contributed by atoms with Crippen LogP contribution in [0.2, 0.25) is 0 Å². The van der Waals surface area contributed by atoms with Crippen molar-refractivity contribution < 1.29 is 0 Å². The van der Waals surface area contributed by atoms with Crippen LogP contribution in [-0.2, 0) is 6.54 Å². The fourth-order valence-corrected chi connectivity index (χ4v) is 3.20. The van der Waals surface area contributed by atoms with Crippen molar-refractivity contribution in [1.82, 2.24) is 14.4 Å². The molecule has 22 heavy (non-hydrogen) atoms. The molecule has 112 valence electrons. The average molecular weight is 357 g/mol. The van der Waals surface area contributed by atoms with Crippen LogP contribution in [0.1, 0.15) is 30.0 Å². The fourth-order valence-electron chi connectivity index (χ4n) is 2.83. The molecule has 0 amide bonds. The van der Waals surface area contributed by atoms with E-state index >= 15 is 0 Å². The molecule has 1 saturated carbocycles. The van der Waals surface area contributed by atoms with Gasteiger partial charge in [0.25, 0.3) is 0 Å². The third-order valence-corrected chi connectivity index (χ3v) is 4.48. The fraction of sp³-hybridized carbons (Fsp3) is 0.294. The van der Waals surface area contributed by atoms with Gasteiger partial charge < -0.3 is 4.90 Å². The second kappa shape index (κ2) is 5.39. The van der Waals surface area contributed by atoms with Crippen molar-refractivity contribution >= 4 is 27.4 Å². The second-order valence-electron chi connectivity index (χ2n) is 5.88. The van der Waals surface area contributed by atoms with Gasteiger partial charge in [-0.15, -0.1) is 0 Å². The molecule has 4 rings (SSSR count). The van der Waals surface area contributed by atoms with Crippen molar-refractivity contribution in [3.8, 4) is 0 Å². The van der Waals surface area contributed by atoms with E-state index in [1.54, 1.807) is 0 Å². The molecule has 1 aliphatic rings. The number of hydrogen-bond donors (Lipinski definition) is 0. The number of hydrogen-bond acceptors (Lipinski definition) is 3. The third-order valence-electron chi connectivity index (χ3n) is 4.09. The van der Waals surface area contributed by atoms with Gasteiger partial charge in [0.1, 0.15) is 4.60 Å². The first-order valence-corrected chi connectivity index (χ1v) is 8.30. The third kappa shape index (κ3) is 2.50. The molecule has 4 nitrogen and oxygen atoms in total. The summed E-state index contributed by atoms with van der Waals surface area (Å²) in [4.78, 5) is 11.4. The van der Waals surface area contributed by atoms with Crippen molar-refractivity contribution in [3.05, 3.63) is 58.6 Å². The van der Waals surface area contributed by atoms with Gasteiger partial charge in [0.15, 0.2) is 11.5 Å². The summed E-state index contributed by atoms with van der Waals surface area (Å²) in [5, 5.41) is 0. The second-order valence-corrected chi connectivity index (χ2v) is 6.69. The molecule has 0 radical (unpaired) electrons. The zero-order chi connectivity index (χ0) is 15.1. The predicted octanol–water partition coefficient (Wildman–Crippen LogP) is 4.01. The summed E-state index contributed by atoms with van der Waals surface area (Å²) in [6, 6.07) is 10.4. The summed E-state index contributed by atoms with van der Waals surface area (Å²) in [6.45, 7) is 0.811. The molecule has 0 N–H and O–H groups in total. The summed E-state index contributed by atoms with van der Waals surface area (Å²) in [7, 11) is 2.06. The lowest BCUT2D eigenvalue weighted by molar-refractivity contribution is 0.880. The van der Waals surface area contributed by atoms with Gasteiger partial charge in [0.2, 0.25) is 0 Å². The van der Waals surface area contributed by atoms with Gasteiger partial charge in [-0.3, -0.25) is 4.40 Å². The molecule has 2 heterocycles. The minimum absolute atomic E-state index is 0.663. The molecule has 0 saturated heterocycles. The molecule has 0 bridgehead atoms. The largest absolute Gasteiger partial charge is 0.352 e. The van der Waals surface area contributed by atoms with Crippen LogP contribution in [0.25, 0.3) is 5.65 Å². The minimum Gasteiger partial charge on any atom is -0.352 e. The predicted molar refractivity (Wildman–Crippen MR) is 91.2 cm³/mol. The summed E-state index contributed by atoms with van der Waals surface area (Å²) in [6.07, 6.45) is 6.56. The molecule has 0 unspecified atom stereocenters. The first-order valence-electron chi connectivity index (χ1n) is 7.51. The molecule has 3 aromatic rings. The van der Waals surface area contributed by atoms with Gasteiger partial charge >= 0.3 is 0 Å². The SMILES string of the molecule is CN(Cc1ccccc1)c1nc(Br)cn2c(C3CC3)cnc12. The highest BCUT2D eigenvalue weighted by atomic mass is 79.9.